The second-order valence-electron chi connectivity index (χ2n) is 6.20. The first-order valence-corrected chi connectivity index (χ1v) is 8.52. The SMILES string of the molecule is COc1ccc(OC(F)(F)F)cc1-c1cc(F)cc(C(CC(=O)O)c2ncco2)c1. The molecule has 0 bridgehead atoms. The van der Waals surface area contributed by atoms with Gasteiger partial charge >= 0.3 is 12.3 Å². The van der Waals surface area contributed by atoms with Crippen LogP contribution in [0.4, 0.5) is 17.6 Å². The first-order valence-electron chi connectivity index (χ1n) is 8.52. The molecule has 0 spiro atoms. The normalized spacial score (nSPS) is 12.4. The van der Waals surface area contributed by atoms with Crippen molar-refractivity contribution in [2.45, 2.75) is 18.7 Å². The van der Waals surface area contributed by atoms with Crippen LogP contribution in [0.5, 0.6) is 11.5 Å². The maximum atomic E-state index is 14.4. The Labute approximate surface area is 167 Å². The van der Waals surface area contributed by atoms with Crippen molar-refractivity contribution in [2.24, 2.45) is 0 Å². The molecule has 0 aliphatic heterocycles. The number of aromatic nitrogens is 1. The molecule has 158 valence electrons. The third-order valence-electron chi connectivity index (χ3n) is 4.17. The van der Waals surface area contributed by atoms with Gasteiger partial charge in [-0.05, 0) is 47.5 Å². The summed E-state index contributed by atoms with van der Waals surface area (Å²) in [6.07, 6.45) is -2.76. The highest BCUT2D eigenvalue weighted by atomic mass is 19.4. The van der Waals surface area contributed by atoms with E-state index in [1.807, 2.05) is 0 Å². The van der Waals surface area contributed by atoms with Crippen LogP contribution in [0.25, 0.3) is 11.1 Å². The van der Waals surface area contributed by atoms with Crippen molar-refractivity contribution in [3.8, 4) is 22.6 Å². The Kier molecular flexibility index (Phi) is 5.95. The lowest BCUT2D eigenvalue weighted by Crippen LogP contribution is -2.17. The van der Waals surface area contributed by atoms with E-state index in [1.54, 1.807) is 0 Å². The minimum atomic E-state index is -4.91. The lowest BCUT2D eigenvalue weighted by molar-refractivity contribution is -0.274. The average Bonchev–Trinajstić information content (AvgIpc) is 3.18. The third-order valence-corrected chi connectivity index (χ3v) is 4.17. The number of alkyl halides is 3. The number of carboxylic acids is 1. The van der Waals surface area contributed by atoms with Crippen molar-refractivity contribution in [1.29, 1.82) is 0 Å². The number of hydrogen-bond donors (Lipinski definition) is 1. The van der Waals surface area contributed by atoms with Gasteiger partial charge < -0.3 is 19.0 Å². The molecule has 1 atom stereocenters. The molecule has 3 rings (SSSR count). The van der Waals surface area contributed by atoms with E-state index in [9.17, 15) is 27.5 Å². The number of aliphatic carboxylic acids is 1. The summed E-state index contributed by atoms with van der Waals surface area (Å²) in [7, 11) is 1.31. The van der Waals surface area contributed by atoms with E-state index in [4.69, 9.17) is 9.15 Å². The van der Waals surface area contributed by atoms with Crippen LogP contribution in [-0.2, 0) is 4.79 Å². The molecule has 2 aromatic carbocycles. The average molecular weight is 425 g/mol. The van der Waals surface area contributed by atoms with Crippen LogP contribution in [-0.4, -0.2) is 29.5 Å². The summed E-state index contributed by atoms with van der Waals surface area (Å²) in [5.41, 5.74) is 0.511. The highest BCUT2D eigenvalue weighted by Gasteiger charge is 2.31. The molecule has 30 heavy (non-hydrogen) atoms. The van der Waals surface area contributed by atoms with E-state index in [0.717, 1.165) is 24.3 Å². The molecule has 10 heteroatoms. The number of rotatable bonds is 7. The number of carboxylic acid groups (broad SMARTS) is 1. The van der Waals surface area contributed by atoms with E-state index < -0.39 is 36.2 Å². The van der Waals surface area contributed by atoms with Crippen molar-refractivity contribution < 1.29 is 41.4 Å². The fourth-order valence-corrected chi connectivity index (χ4v) is 3.01. The molecule has 0 aliphatic rings. The van der Waals surface area contributed by atoms with Gasteiger partial charge in [0.25, 0.3) is 0 Å². The van der Waals surface area contributed by atoms with Gasteiger partial charge in [-0.2, -0.15) is 0 Å². The van der Waals surface area contributed by atoms with Crippen molar-refractivity contribution in [3.63, 3.8) is 0 Å². The summed E-state index contributed by atoms with van der Waals surface area (Å²) >= 11 is 0. The second-order valence-corrected chi connectivity index (χ2v) is 6.20. The lowest BCUT2D eigenvalue weighted by atomic mass is 9.92. The summed E-state index contributed by atoms with van der Waals surface area (Å²) in [4.78, 5) is 15.2. The molecule has 0 amide bonds. The van der Waals surface area contributed by atoms with Gasteiger partial charge in [-0.1, -0.05) is 0 Å². The van der Waals surface area contributed by atoms with Crippen LogP contribution < -0.4 is 9.47 Å². The Morgan fingerprint density at radius 1 is 1.23 bits per heavy atom. The first kappa shape index (κ1) is 21.2. The minimum absolute atomic E-state index is 0.0649. The highest BCUT2D eigenvalue weighted by molar-refractivity contribution is 5.74. The maximum Gasteiger partial charge on any atom is 0.573 e. The summed E-state index contributed by atoms with van der Waals surface area (Å²) in [6.45, 7) is 0. The van der Waals surface area contributed by atoms with Crippen LogP contribution in [0.1, 0.15) is 23.8 Å². The van der Waals surface area contributed by atoms with Gasteiger partial charge in [-0.3, -0.25) is 4.79 Å². The molecular weight excluding hydrogens is 410 g/mol. The van der Waals surface area contributed by atoms with Gasteiger partial charge in [0.15, 0.2) is 0 Å². The lowest BCUT2D eigenvalue weighted by Gasteiger charge is -2.16. The Morgan fingerprint density at radius 2 is 2.00 bits per heavy atom. The molecule has 1 unspecified atom stereocenters. The highest BCUT2D eigenvalue weighted by Crippen LogP contribution is 2.38. The van der Waals surface area contributed by atoms with Crippen molar-refractivity contribution in [2.75, 3.05) is 7.11 Å². The Balaban J connectivity index is 2.10. The van der Waals surface area contributed by atoms with E-state index in [2.05, 4.69) is 9.72 Å². The predicted octanol–water partition coefficient (Wildman–Crippen LogP) is 4.99. The minimum Gasteiger partial charge on any atom is -0.496 e. The number of ether oxygens (including phenoxy) is 2. The summed E-state index contributed by atoms with van der Waals surface area (Å²) in [5.74, 6) is -3.08. The molecule has 1 heterocycles. The molecule has 3 aromatic rings. The second kappa shape index (κ2) is 8.44. The predicted molar refractivity (Wildman–Crippen MR) is 95.7 cm³/mol. The quantitative estimate of drug-likeness (QED) is 0.537. The van der Waals surface area contributed by atoms with Crippen LogP contribution in [0.3, 0.4) is 0 Å². The molecule has 6 nitrogen and oxygen atoms in total. The first-order chi connectivity index (χ1) is 14.2. The molecule has 0 saturated heterocycles. The van der Waals surface area contributed by atoms with Gasteiger partial charge in [0.2, 0.25) is 5.89 Å². The van der Waals surface area contributed by atoms with Crippen molar-refractivity contribution in [3.05, 3.63) is 66.1 Å². The molecule has 1 N–H and O–H groups in total. The number of oxazole rings is 1. The summed E-state index contributed by atoms with van der Waals surface area (Å²) < 4.78 is 66.5. The van der Waals surface area contributed by atoms with Crippen molar-refractivity contribution in [1.82, 2.24) is 4.98 Å². The molecule has 1 aromatic heterocycles. The summed E-state index contributed by atoms with van der Waals surface area (Å²) in [5, 5.41) is 9.22. The fourth-order valence-electron chi connectivity index (χ4n) is 3.01. The van der Waals surface area contributed by atoms with Gasteiger partial charge in [-0.25, -0.2) is 9.37 Å². The largest absolute Gasteiger partial charge is 0.573 e. The molecule has 0 aliphatic carbocycles. The molecule has 0 fully saturated rings. The van der Waals surface area contributed by atoms with E-state index in [1.165, 1.54) is 31.7 Å². The molecule has 0 radical (unpaired) electrons. The number of hydrogen-bond acceptors (Lipinski definition) is 5. The Bertz CT molecular complexity index is 1030. The number of carbonyl (C=O) groups is 1. The van der Waals surface area contributed by atoms with Crippen LogP contribution in [0.2, 0.25) is 0 Å². The van der Waals surface area contributed by atoms with Gasteiger partial charge in [-0.15, -0.1) is 13.2 Å². The van der Waals surface area contributed by atoms with Crippen LogP contribution >= 0.6 is 0 Å². The van der Waals surface area contributed by atoms with E-state index >= 15 is 0 Å². The van der Waals surface area contributed by atoms with Crippen LogP contribution in [0.15, 0.2) is 53.3 Å². The standard InChI is InChI=1S/C20H15F4NO5/c1-28-17-3-2-14(30-20(22,23)24)9-15(17)11-6-12(8-13(21)7-11)16(10-18(26)27)19-25-4-5-29-19/h2-9,16H,10H2,1H3,(H,26,27). The van der Waals surface area contributed by atoms with E-state index in [-0.39, 0.29) is 28.3 Å². The van der Waals surface area contributed by atoms with Gasteiger partial charge in [0, 0.05) is 5.56 Å². The zero-order chi connectivity index (χ0) is 21.9. The number of nitrogens with zero attached hydrogens (tertiary/aromatic N) is 1. The number of halogens is 4. The van der Waals surface area contributed by atoms with E-state index in [0.29, 0.717) is 0 Å². The van der Waals surface area contributed by atoms with Crippen molar-refractivity contribution >= 4 is 5.97 Å². The number of methoxy groups -OCH3 is 1. The monoisotopic (exact) mass is 425 g/mol. The molecule has 0 saturated carbocycles. The topological polar surface area (TPSA) is 81.8 Å². The summed E-state index contributed by atoms with van der Waals surface area (Å²) in [6, 6.07) is 7.02. The third kappa shape index (κ3) is 5.07. The maximum absolute atomic E-state index is 14.4. The molecular formula is C20H15F4NO5. The van der Waals surface area contributed by atoms with Crippen LogP contribution in [0, 0.1) is 5.82 Å². The zero-order valence-corrected chi connectivity index (χ0v) is 15.4. The zero-order valence-electron chi connectivity index (χ0n) is 15.4. The van der Waals surface area contributed by atoms with Gasteiger partial charge in [0.1, 0.15) is 23.6 Å². The van der Waals surface area contributed by atoms with Gasteiger partial charge in [0.05, 0.1) is 25.6 Å². The Hall–Kier alpha value is -3.56. The fraction of sp³-hybridized carbons (Fsp3) is 0.200. The Morgan fingerprint density at radius 3 is 2.60 bits per heavy atom. The smallest absolute Gasteiger partial charge is 0.496 e. The number of benzene rings is 2.